The highest BCUT2D eigenvalue weighted by molar-refractivity contribution is 5.87. The second kappa shape index (κ2) is 6.77. The molecule has 2 saturated heterocycles. The second-order valence-electron chi connectivity index (χ2n) is 6.50. The first kappa shape index (κ1) is 14.8. The van der Waals surface area contributed by atoms with Gasteiger partial charge >= 0.3 is 5.97 Å². The Labute approximate surface area is 126 Å². The molecule has 5 nitrogen and oxygen atoms in total. The standard InChI is InChI=1S/C16H25NO4/c18-15-9-12(10-17(15)13-5-1-2-6-13)16(19)21-11-14-7-3-4-8-20-14/h12-14H,1-11H2/t12-,14-/m0/s1. The average molecular weight is 295 g/mol. The molecule has 3 aliphatic rings. The van der Waals surface area contributed by atoms with Gasteiger partial charge in [-0.25, -0.2) is 0 Å². The zero-order valence-corrected chi connectivity index (χ0v) is 12.6. The van der Waals surface area contributed by atoms with E-state index in [4.69, 9.17) is 9.47 Å². The normalized spacial score (nSPS) is 30.9. The van der Waals surface area contributed by atoms with Crippen LogP contribution in [0.2, 0.25) is 0 Å². The molecule has 5 heteroatoms. The third kappa shape index (κ3) is 3.57. The minimum atomic E-state index is -0.276. The molecule has 3 fully saturated rings. The first-order valence-corrected chi connectivity index (χ1v) is 8.32. The van der Waals surface area contributed by atoms with Crippen molar-refractivity contribution in [3.63, 3.8) is 0 Å². The second-order valence-corrected chi connectivity index (χ2v) is 6.50. The molecule has 1 amide bonds. The number of carbonyl (C=O) groups excluding carboxylic acids is 2. The number of hydrogen-bond acceptors (Lipinski definition) is 4. The Morgan fingerprint density at radius 1 is 1.19 bits per heavy atom. The molecule has 0 N–H and O–H groups in total. The lowest BCUT2D eigenvalue weighted by atomic mass is 10.1. The number of hydrogen-bond donors (Lipinski definition) is 0. The van der Waals surface area contributed by atoms with Crippen molar-refractivity contribution in [2.45, 2.75) is 63.5 Å². The van der Waals surface area contributed by atoms with Crippen LogP contribution in [-0.4, -0.2) is 48.7 Å². The van der Waals surface area contributed by atoms with Gasteiger partial charge in [-0.15, -0.1) is 0 Å². The van der Waals surface area contributed by atoms with E-state index in [0.29, 0.717) is 25.6 Å². The van der Waals surface area contributed by atoms with E-state index in [2.05, 4.69) is 0 Å². The van der Waals surface area contributed by atoms with Gasteiger partial charge in [-0.1, -0.05) is 12.8 Å². The zero-order valence-electron chi connectivity index (χ0n) is 12.6. The highest BCUT2D eigenvalue weighted by Gasteiger charge is 2.39. The van der Waals surface area contributed by atoms with Crippen LogP contribution < -0.4 is 0 Å². The summed E-state index contributed by atoms with van der Waals surface area (Å²) >= 11 is 0. The van der Waals surface area contributed by atoms with Crippen LogP contribution in [0.25, 0.3) is 0 Å². The van der Waals surface area contributed by atoms with Crippen LogP contribution in [0.4, 0.5) is 0 Å². The van der Waals surface area contributed by atoms with Crippen molar-refractivity contribution in [1.29, 1.82) is 0 Å². The van der Waals surface area contributed by atoms with E-state index >= 15 is 0 Å². The lowest BCUT2D eigenvalue weighted by Crippen LogP contribution is -2.35. The molecule has 0 spiro atoms. The quantitative estimate of drug-likeness (QED) is 0.743. The molecule has 21 heavy (non-hydrogen) atoms. The largest absolute Gasteiger partial charge is 0.463 e. The summed E-state index contributed by atoms with van der Waals surface area (Å²) in [6.07, 6.45) is 8.13. The van der Waals surface area contributed by atoms with Gasteiger partial charge < -0.3 is 14.4 Å². The average Bonchev–Trinajstić information content (AvgIpc) is 3.15. The Bertz CT molecular complexity index is 386. The summed E-state index contributed by atoms with van der Waals surface area (Å²) in [6, 6.07) is 0.358. The molecule has 2 aliphatic heterocycles. The van der Waals surface area contributed by atoms with Crippen molar-refractivity contribution in [3.05, 3.63) is 0 Å². The molecule has 0 unspecified atom stereocenters. The molecular formula is C16H25NO4. The van der Waals surface area contributed by atoms with E-state index in [9.17, 15) is 9.59 Å². The summed E-state index contributed by atoms with van der Waals surface area (Å²) in [4.78, 5) is 26.1. The first-order chi connectivity index (χ1) is 10.2. The third-order valence-corrected chi connectivity index (χ3v) is 4.94. The van der Waals surface area contributed by atoms with Crippen molar-refractivity contribution in [2.24, 2.45) is 5.92 Å². The Morgan fingerprint density at radius 3 is 2.67 bits per heavy atom. The maximum absolute atomic E-state index is 12.1. The van der Waals surface area contributed by atoms with E-state index in [1.165, 1.54) is 12.8 Å². The summed E-state index contributed by atoms with van der Waals surface area (Å²) in [5.74, 6) is -0.377. The number of likely N-dealkylation sites (tertiary alicyclic amines) is 1. The summed E-state index contributed by atoms with van der Waals surface area (Å²) < 4.78 is 10.9. The maximum atomic E-state index is 12.1. The topological polar surface area (TPSA) is 55.8 Å². The molecule has 0 aromatic heterocycles. The van der Waals surface area contributed by atoms with Crippen LogP contribution >= 0.6 is 0 Å². The van der Waals surface area contributed by atoms with E-state index in [1.54, 1.807) is 0 Å². The van der Waals surface area contributed by atoms with Gasteiger partial charge in [0.05, 0.1) is 12.0 Å². The molecule has 0 radical (unpaired) electrons. The SMILES string of the molecule is O=C(OC[C@@H]1CCCCO1)[C@H]1CC(=O)N(C2CCCC2)C1. The summed E-state index contributed by atoms with van der Waals surface area (Å²) in [7, 11) is 0. The van der Waals surface area contributed by atoms with Crippen LogP contribution in [0.1, 0.15) is 51.4 Å². The number of amides is 1. The highest BCUT2D eigenvalue weighted by atomic mass is 16.6. The number of rotatable bonds is 4. The zero-order chi connectivity index (χ0) is 14.7. The lowest BCUT2D eigenvalue weighted by molar-refractivity contribution is -0.153. The maximum Gasteiger partial charge on any atom is 0.311 e. The van der Waals surface area contributed by atoms with Gasteiger partial charge in [0.25, 0.3) is 0 Å². The number of nitrogens with zero attached hydrogens (tertiary/aromatic N) is 1. The van der Waals surface area contributed by atoms with Gasteiger partial charge in [0.15, 0.2) is 0 Å². The van der Waals surface area contributed by atoms with E-state index in [-0.39, 0.29) is 23.9 Å². The van der Waals surface area contributed by atoms with Gasteiger partial charge in [-0.3, -0.25) is 9.59 Å². The molecule has 1 aliphatic carbocycles. The fourth-order valence-corrected chi connectivity index (χ4v) is 3.69. The summed E-state index contributed by atoms with van der Waals surface area (Å²) in [5.41, 5.74) is 0. The molecule has 118 valence electrons. The molecule has 0 aromatic carbocycles. The monoisotopic (exact) mass is 295 g/mol. The molecular weight excluding hydrogens is 270 g/mol. The highest BCUT2D eigenvalue weighted by Crippen LogP contribution is 2.30. The van der Waals surface area contributed by atoms with Crippen molar-refractivity contribution in [3.8, 4) is 0 Å². The number of ether oxygens (including phenoxy) is 2. The van der Waals surface area contributed by atoms with Gasteiger partial charge in [0.2, 0.25) is 5.91 Å². The molecule has 0 bridgehead atoms. The van der Waals surface area contributed by atoms with Crippen LogP contribution in [0, 0.1) is 5.92 Å². The molecule has 1 saturated carbocycles. The van der Waals surface area contributed by atoms with Crippen LogP contribution in [0.5, 0.6) is 0 Å². The van der Waals surface area contributed by atoms with Gasteiger partial charge in [0, 0.05) is 25.6 Å². The molecule has 0 aromatic rings. The first-order valence-electron chi connectivity index (χ1n) is 8.32. The van der Waals surface area contributed by atoms with E-state index in [0.717, 1.165) is 38.7 Å². The minimum Gasteiger partial charge on any atom is -0.463 e. The fourth-order valence-electron chi connectivity index (χ4n) is 3.69. The number of carbonyl (C=O) groups is 2. The van der Waals surface area contributed by atoms with Crippen LogP contribution in [0.15, 0.2) is 0 Å². The van der Waals surface area contributed by atoms with Crippen molar-refractivity contribution in [1.82, 2.24) is 4.90 Å². The van der Waals surface area contributed by atoms with Gasteiger partial charge in [-0.05, 0) is 32.1 Å². The summed E-state index contributed by atoms with van der Waals surface area (Å²) in [5, 5.41) is 0. The minimum absolute atomic E-state index is 0.0470. The Hall–Kier alpha value is -1.10. The predicted octanol–water partition coefficient (Wildman–Crippen LogP) is 1.89. The molecule has 2 heterocycles. The van der Waals surface area contributed by atoms with E-state index < -0.39 is 0 Å². The Balaban J connectivity index is 1.45. The molecule has 2 atom stereocenters. The Morgan fingerprint density at radius 2 is 1.95 bits per heavy atom. The predicted molar refractivity (Wildman–Crippen MR) is 76.6 cm³/mol. The fraction of sp³-hybridized carbons (Fsp3) is 0.875. The van der Waals surface area contributed by atoms with Gasteiger partial charge in [0.1, 0.15) is 6.61 Å². The summed E-state index contributed by atoms with van der Waals surface area (Å²) in [6.45, 7) is 1.65. The van der Waals surface area contributed by atoms with Crippen molar-refractivity contribution < 1.29 is 19.1 Å². The molecule has 3 rings (SSSR count). The lowest BCUT2D eigenvalue weighted by Gasteiger charge is -2.24. The van der Waals surface area contributed by atoms with Crippen molar-refractivity contribution in [2.75, 3.05) is 19.8 Å². The van der Waals surface area contributed by atoms with Crippen LogP contribution in [-0.2, 0) is 19.1 Å². The number of esters is 1. The van der Waals surface area contributed by atoms with Crippen molar-refractivity contribution >= 4 is 11.9 Å². The van der Waals surface area contributed by atoms with Gasteiger partial charge in [-0.2, -0.15) is 0 Å². The van der Waals surface area contributed by atoms with Crippen LogP contribution in [0.3, 0.4) is 0 Å². The van der Waals surface area contributed by atoms with E-state index in [1.807, 2.05) is 4.90 Å². The Kier molecular flexibility index (Phi) is 4.78. The third-order valence-electron chi connectivity index (χ3n) is 4.94. The smallest absolute Gasteiger partial charge is 0.311 e.